The molecule has 0 atom stereocenters. The number of anilines is 2. The zero-order valence-corrected chi connectivity index (χ0v) is 20.5. The van der Waals surface area contributed by atoms with Crippen LogP contribution in [0.3, 0.4) is 0 Å². The summed E-state index contributed by atoms with van der Waals surface area (Å²) in [7, 11) is 0. The summed E-state index contributed by atoms with van der Waals surface area (Å²) in [4.78, 5) is 33.0. The fourth-order valence-electron chi connectivity index (χ4n) is 3.58. The number of benzene rings is 2. The van der Waals surface area contributed by atoms with Crippen molar-refractivity contribution >= 4 is 23.5 Å². The summed E-state index contributed by atoms with van der Waals surface area (Å²) in [5.41, 5.74) is 1.13. The van der Waals surface area contributed by atoms with E-state index >= 15 is 0 Å². The number of rotatable bonds is 5. The highest BCUT2D eigenvalue weighted by Gasteiger charge is 2.32. The molecule has 0 saturated heterocycles. The highest BCUT2D eigenvalue weighted by atomic mass is 19.4. The molecule has 0 spiro atoms. The van der Waals surface area contributed by atoms with Crippen molar-refractivity contribution in [1.29, 1.82) is 0 Å². The van der Waals surface area contributed by atoms with Gasteiger partial charge in [-0.05, 0) is 55.7 Å². The summed E-state index contributed by atoms with van der Waals surface area (Å²) in [5.74, 6) is 5.42. The van der Waals surface area contributed by atoms with Crippen molar-refractivity contribution < 1.29 is 22.8 Å². The zero-order valence-electron chi connectivity index (χ0n) is 20.5. The summed E-state index contributed by atoms with van der Waals surface area (Å²) >= 11 is 0. The third-order valence-corrected chi connectivity index (χ3v) is 5.87. The first-order valence-electron chi connectivity index (χ1n) is 11.8. The van der Waals surface area contributed by atoms with Crippen LogP contribution in [-0.4, -0.2) is 36.8 Å². The summed E-state index contributed by atoms with van der Waals surface area (Å²) in [6.45, 7) is 1.82. The van der Waals surface area contributed by atoms with Crippen molar-refractivity contribution in [3.05, 3.63) is 89.0 Å². The fourth-order valence-corrected chi connectivity index (χ4v) is 3.58. The van der Waals surface area contributed by atoms with Gasteiger partial charge in [0.1, 0.15) is 0 Å². The van der Waals surface area contributed by atoms with Crippen LogP contribution < -0.4 is 10.6 Å². The highest BCUT2D eigenvalue weighted by molar-refractivity contribution is 6.04. The van der Waals surface area contributed by atoms with Crippen LogP contribution in [0.4, 0.5) is 24.8 Å². The maximum Gasteiger partial charge on any atom is 0.416 e. The molecule has 0 bridgehead atoms. The molecular weight excluding hydrogens is 511 g/mol. The van der Waals surface area contributed by atoms with E-state index in [1.165, 1.54) is 35.5 Å². The van der Waals surface area contributed by atoms with Crippen LogP contribution in [0.1, 0.15) is 45.5 Å². The molecule has 39 heavy (non-hydrogen) atoms. The minimum Gasteiger partial charge on any atom is -0.322 e. The highest BCUT2D eigenvalue weighted by Crippen LogP contribution is 2.33. The fraction of sp³-hybridized carbons (Fsp3) is 0.185. The molecule has 2 N–H and O–H groups in total. The molecule has 2 aromatic carbocycles. The number of carbonyl (C=O) groups excluding carboxylic acids is 2. The van der Waals surface area contributed by atoms with Gasteiger partial charge in [0, 0.05) is 35.1 Å². The van der Waals surface area contributed by atoms with Gasteiger partial charge in [-0.3, -0.25) is 14.9 Å². The zero-order chi connectivity index (χ0) is 27.6. The third-order valence-electron chi connectivity index (χ3n) is 5.87. The number of aromatic nitrogens is 5. The number of halogens is 3. The quantitative estimate of drug-likeness (QED) is 0.370. The molecule has 0 unspecified atom stereocenters. The number of amides is 2. The standard InChI is InChI=1S/C27H20F3N7O2/c1-16-2-4-20(10-19(16)5-3-17-14-31-26(32-15-17)35-24(38)18-6-7-18)25(39)34-22-11-21(27(28,29)30)12-23(13-22)37-9-8-33-36-37/h2,4,8-15,18H,6-7H2,1H3,(H,34,39)(H,31,32,35,38). The first-order valence-corrected chi connectivity index (χ1v) is 11.8. The first-order chi connectivity index (χ1) is 18.7. The van der Waals surface area contributed by atoms with Gasteiger partial charge in [0.05, 0.1) is 29.2 Å². The number of carbonyl (C=O) groups is 2. The van der Waals surface area contributed by atoms with E-state index in [0.717, 1.165) is 30.5 Å². The minimum atomic E-state index is -4.63. The van der Waals surface area contributed by atoms with Crippen molar-refractivity contribution in [3.8, 4) is 17.5 Å². The molecule has 2 aromatic heterocycles. The maximum absolute atomic E-state index is 13.5. The first kappa shape index (κ1) is 25.6. The van der Waals surface area contributed by atoms with E-state index in [9.17, 15) is 22.8 Å². The van der Waals surface area contributed by atoms with Crippen LogP contribution in [0, 0.1) is 24.7 Å². The Morgan fingerprint density at radius 2 is 1.79 bits per heavy atom. The Bertz CT molecular complexity index is 1600. The molecule has 5 rings (SSSR count). The molecule has 1 aliphatic carbocycles. The van der Waals surface area contributed by atoms with E-state index in [4.69, 9.17) is 0 Å². The number of nitrogens with one attached hydrogen (secondary N) is 2. The van der Waals surface area contributed by atoms with Crippen LogP contribution in [0.15, 0.2) is 61.2 Å². The molecule has 0 radical (unpaired) electrons. The van der Waals surface area contributed by atoms with Crippen molar-refractivity contribution in [3.63, 3.8) is 0 Å². The van der Waals surface area contributed by atoms with Crippen molar-refractivity contribution in [2.75, 3.05) is 10.6 Å². The van der Waals surface area contributed by atoms with E-state index in [0.29, 0.717) is 11.1 Å². The van der Waals surface area contributed by atoms with Gasteiger partial charge >= 0.3 is 6.18 Å². The Morgan fingerprint density at radius 1 is 1.03 bits per heavy atom. The van der Waals surface area contributed by atoms with Gasteiger partial charge in [-0.15, -0.1) is 5.10 Å². The predicted octanol–water partition coefficient (Wildman–Crippen LogP) is 4.39. The Kier molecular flexibility index (Phi) is 6.81. The van der Waals surface area contributed by atoms with Crippen LogP contribution in [0.5, 0.6) is 0 Å². The van der Waals surface area contributed by atoms with Crippen LogP contribution in [0.2, 0.25) is 0 Å². The van der Waals surface area contributed by atoms with Crippen molar-refractivity contribution in [2.45, 2.75) is 25.9 Å². The molecule has 0 aliphatic heterocycles. The number of alkyl halides is 3. The second-order valence-electron chi connectivity index (χ2n) is 8.91. The molecule has 9 nitrogen and oxygen atoms in total. The monoisotopic (exact) mass is 531 g/mol. The number of hydrogen-bond acceptors (Lipinski definition) is 6. The van der Waals surface area contributed by atoms with Crippen molar-refractivity contribution in [2.24, 2.45) is 5.92 Å². The Labute approximate surface area is 220 Å². The van der Waals surface area contributed by atoms with E-state index in [1.807, 2.05) is 6.92 Å². The molecular formula is C27H20F3N7O2. The summed E-state index contributed by atoms with van der Waals surface area (Å²) in [6, 6.07) is 7.94. The van der Waals surface area contributed by atoms with Gasteiger partial charge in [-0.25, -0.2) is 14.6 Å². The van der Waals surface area contributed by atoms with Crippen LogP contribution >= 0.6 is 0 Å². The van der Waals surface area contributed by atoms with Gasteiger partial charge in [0.2, 0.25) is 11.9 Å². The lowest BCUT2D eigenvalue weighted by molar-refractivity contribution is -0.137. The van der Waals surface area contributed by atoms with Gasteiger partial charge < -0.3 is 5.32 Å². The molecule has 196 valence electrons. The average Bonchev–Trinajstić information content (AvgIpc) is 3.62. The third kappa shape index (κ3) is 6.27. The largest absolute Gasteiger partial charge is 0.416 e. The molecule has 12 heteroatoms. The van der Waals surface area contributed by atoms with E-state index in [2.05, 4.69) is 42.8 Å². The van der Waals surface area contributed by atoms with Crippen LogP contribution in [-0.2, 0) is 11.0 Å². The number of hydrogen-bond donors (Lipinski definition) is 2. The number of aryl methyl sites for hydroxylation is 1. The van der Waals surface area contributed by atoms with Gasteiger partial charge in [0.25, 0.3) is 5.91 Å². The topological polar surface area (TPSA) is 115 Å². The van der Waals surface area contributed by atoms with Crippen LogP contribution in [0.25, 0.3) is 5.69 Å². The predicted molar refractivity (Wildman–Crippen MR) is 135 cm³/mol. The number of nitrogens with zero attached hydrogens (tertiary/aromatic N) is 5. The van der Waals surface area contributed by atoms with Gasteiger partial charge in [-0.1, -0.05) is 23.1 Å². The Morgan fingerprint density at radius 3 is 2.46 bits per heavy atom. The molecule has 4 aromatic rings. The van der Waals surface area contributed by atoms with E-state index in [-0.39, 0.29) is 34.7 Å². The Balaban J connectivity index is 1.34. The lowest BCUT2D eigenvalue weighted by Gasteiger charge is -2.13. The second kappa shape index (κ2) is 10.4. The molecule has 1 fully saturated rings. The lowest BCUT2D eigenvalue weighted by Crippen LogP contribution is -2.15. The minimum absolute atomic E-state index is 0.0323. The average molecular weight is 531 g/mol. The van der Waals surface area contributed by atoms with E-state index in [1.54, 1.807) is 18.2 Å². The maximum atomic E-state index is 13.5. The molecule has 1 aliphatic rings. The summed E-state index contributed by atoms with van der Waals surface area (Å²) in [6.07, 6.45) is 2.80. The molecule has 1 saturated carbocycles. The lowest BCUT2D eigenvalue weighted by atomic mass is 10.0. The van der Waals surface area contributed by atoms with E-state index < -0.39 is 17.6 Å². The van der Waals surface area contributed by atoms with Crippen molar-refractivity contribution in [1.82, 2.24) is 25.0 Å². The smallest absolute Gasteiger partial charge is 0.322 e. The molecule has 2 amide bonds. The second-order valence-corrected chi connectivity index (χ2v) is 8.91. The molecule has 2 heterocycles. The normalized spacial score (nSPS) is 12.8. The van der Waals surface area contributed by atoms with Gasteiger partial charge in [0.15, 0.2) is 0 Å². The summed E-state index contributed by atoms with van der Waals surface area (Å²) in [5, 5.41) is 12.5. The summed E-state index contributed by atoms with van der Waals surface area (Å²) < 4.78 is 41.6. The SMILES string of the molecule is Cc1ccc(C(=O)Nc2cc(-n3ccnn3)cc(C(F)(F)F)c2)cc1C#Cc1cnc(NC(=O)C2CC2)nc1. The van der Waals surface area contributed by atoms with Gasteiger partial charge in [-0.2, -0.15) is 13.2 Å². The Hall–Kier alpha value is -5.05.